The van der Waals surface area contributed by atoms with Crippen LogP contribution in [0.2, 0.25) is 0 Å². The lowest BCUT2D eigenvalue weighted by molar-refractivity contribution is -0.385. The Labute approximate surface area is 128 Å². The molecule has 0 bridgehead atoms. The van der Waals surface area contributed by atoms with E-state index < -0.39 is 9.85 Å². The van der Waals surface area contributed by atoms with Gasteiger partial charge in [-0.25, -0.2) is 4.94 Å². The number of hydrogen-bond acceptors (Lipinski definition) is 9. The molecular weight excluding hydrogens is 308 g/mol. The first-order valence-corrected chi connectivity index (χ1v) is 6.03. The molecule has 0 aromatic heterocycles. The zero-order valence-electron chi connectivity index (χ0n) is 11.3. The summed E-state index contributed by atoms with van der Waals surface area (Å²) in [6.45, 7) is 0. The van der Waals surface area contributed by atoms with Crippen molar-refractivity contribution in [1.82, 2.24) is 0 Å². The summed E-state index contributed by atoms with van der Waals surface area (Å²) in [5.41, 5.74) is 0.535. The Morgan fingerprint density at radius 2 is 1.04 bits per heavy atom. The van der Waals surface area contributed by atoms with E-state index in [0.717, 1.165) is 0 Å². The molecule has 0 spiro atoms. The largest absolute Gasteiger partial charge is 0.269 e. The van der Waals surface area contributed by atoms with Crippen molar-refractivity contribution in [3.63, 3.8) is 0 Å². The standard InChI is InChI=1S/C12H8N6O5/c19-17(20)11-5-1-9(2-6-11)13-15-23-16-14-10-3-7-12(8-4-10)18(21)22/h1-8H. The minimum absolute atomic E-state index is 0.0669. The molecule has 0 aliphatic heterocycles. The second-order valence-corrected chi connectivity index (χ2v) is 3.99. The predicted octanol–water partition coefficient (Wildman–Crippen LogP) is 4.22. The summed E-state index contributed by atoms with van der Waals surface area (Å²) < 4.78 is 0. The third-order valence-electron chi connectivity index (χ3n) is 2.51. The normalized spacial score (nSPS) is 11.0. The molecular formula is C12H8N6O5. The number of hydrogen-bond donors (Lipinski definition) is 0. The summed E-state index contributed by atoms with van der Waals surface area (Å²) in [6.07, 6.45) is 0. The minimum Gasteiger partial charge on any atom is -0.258 e. The van der Waals surface area contributed by atoms with E-state index in [0.29, 0.717) is 11.4 Å². The maximum absolute atomic E-state index is 10.5. The van der Waals surface area contributed by atoms with E-state index in [1.54, 1.807) is 0 Å². The van der Waals surface area contributed by atoms with Crippen LogP contribution < -0.4 is 0 Å². The fourth-order valence-corrected chi connectivity index (χ4v) is 1.43. The highest BCUT2D eigenvalue weighted by Gasteiger charge is 2.04. The predicted molar refractivity (Wildman–Crippen MR) is 76.3 cm³/mol. The molecule has 2 aromatic rings. The van der Waals surface area contributed by atoms with E-state index in [1.165, 1.54) is 48.5 Å². The van der Waals surface area contributed by atoms with Crippen molar-refractivity contribution in [1.29, 1.82) is 0 Å². The fraction of sp³-hybridized carbons (Fsp3) is 0. The van der Waals surface area contributed by atoms with E-state index >= 15 is 0 Å². The Morgan fingerprint density at radius 3 is 1.35 bits per heavy atom. The van der Waals surface area contributed by atoms with Gasteiger partial charge in [0.15, 0.2) is 0 Å². The van der Waals surface area contributed by atoms with E-state index in [-0.39, 0.29) is 11.4 Å². The zero-order valence-corrected chi connectivity index (χ0v) is 11.3. The van der Waals surface area contributed by atoms with Crippen molar-refractivity contribution < 1.29 is 14.8 Å². The topological polar surface area (TPSA) is 145 Å². The summed E-state index contributed by atoms with van der Waals surface area (Å²) in [5, 5.41) is 34.7. The van der Waals surface area contributed by atoms with Gasteiger partial charge in [0.2, 0.25) is 0 Å². The molecule has 2 aromatic carbocycles. The molecule has 0 aliphatic rings. The minimum atomic E-state index is -0.532. The van der Waals surface area contributed by atoms with Gasteiger partial charge < -0.3 is 0 Å². The van der Waals surface area contributed by atoms with E-state index in [2.05, 4.69) is 25.7 Å². The number of non-ortho nitro benzene ring substituents is 2. The maximum Gasteiger partial charge on any atom is 0.269 e. The van der Waals surface area contributed by atoms with E-state index in [4.69, 9.17) is 0 Å². The highest BCUT2D eigenvalue weighted by Crippen LogP contribution is 2.19. The Bertz CT molecular complexity index is 691. The first kappa shape index (κ1) is 15.6. The summed E-state index contributed by atoms with van der Waals surface area (Å²) in [4.78, 5) is 24.3. The van der Waals surface area contributed by atoms with Crippen molar-refractivity contribution >= 4 is 22.7 Å². The lowest BCUT2D eigenvalue weighted by atomic mass is 10.3. The van der Waals surface area contributed by atoms with Crippen LogP contribution >= 0.6 is 0 Å². The lowest BCUT2D eigenvalue weighted by Gasteiger charge is -1.92. The quantitative estimate of drug-likeness (QED) is 0.445. The number of nitrogens with zero attached hydrogens (tertiary/aromatic N) is 6. The van der Waals surface area contributed by atoms with Crippen LogP contribution in [0.15, 0.2) is 69.3 Å². The number of rotatable bonds is 6. The average Bonchev–Trinajstić information content (AvgIpc) is 2.55. The van der Waals surface area contributed by atoms with Crippen molar-refractivity contribution in [3.8, 4) is 0 Å². The van der Waals surface area contributed by atoms with E-state index in [9.17, 15) is 20.2 Å². The van der Waals surface area contributed by atoms with Crippen LogP contribution in [0, 0.1) is 20.2 Å². The number of nitro groups is 2. The van der Waals surface area contributed by atoms with Gasteiger partial charge in [0.05, 0.1) is 31.8 Å². The summed E-state index contributed by atoms with van der Waals surface area (Å²) in [6, 6.07) is 10.6. The number of benzene rings is 2. The summed E-state index contributed by atoms with van der Waals surface area (Å²) in [5.74, 6) is 0. The molecule has 0 N–H and O–H groups in total. The van der Waals surface area contributed by atoms with Gasteiger partial charge in [-0.1, -0.05) is 0 Å². The average molecular weight is 316 g/mol. The third kappa shape index (κ3) is 4.63. The molecule has 0 unspecified atom stereocenters. The fourth-order valence-electron chi connectivity index (χ4n) is 1.43. The molecule has 23 heavy (non-hydrogen) atoms. The molecule has 0 heterocycles. The van der Waals surface area contributed by atoms with Gasteiger partial charge in [0.25, 0.3) is 11.4 Å². The SMILES string of the molecule is O=[N+]([O-])c1ccc(N=NON=Nc2ccc([N+](=O)[O-])cc2)cc1. The smallest absolute Gasteiger partial charge is 0.258 e. The second-order valence-electron chi connectivity index (χ2n) is 3.99. The molecule has 11 nitrogen and oxygen atoms in total. The van der Waals surface area contributed by atoms with Gasteiger partial charge in [-0.05, 0) is 24.3 Å². The Morgan fingerprint density at radius 1 is 0.696 bits per heavy atom. The van der Waals surface area contributed by atoms with Gasteiger partial charge in [-0.2, -0.15) is 0 Å². The van der Waals surface area contributed by atoms with Gasteiger partial charge >= 0.3 is 0 Å². The van der Waals surface area contributed by atoms with E-state index in [1.807, 2.05) is 0 Å². The van der Waals surface area contributed by atoms with Crippen LogP contribution in [0.3, 0.4) is 0 Å². The van der Waals surface area contributed by atoms with Crippen molar-refractivity contribution in [3.05, 3.63) is 68.8 Å². The summed E-state index contributed by atoms with van der Waals surface area (Å²) in [7, 11) is 0. The first-order chi connectivity index (χ1) is 11.1. The molecule has 0 amide bonds. The molecule has 11 heteroatoms. The molecule has 0 atom stereocenters. The van der Waals surface area contributed by atoms with Crippen molar-refractivity contribution in [2.75, 3.05) is 0 Å². The second kappa shape index (κ2) is 7.31. The van der Waals surface area contributed by atoms with Gasteiger partial charge in [-0.15, -0.1) is 10.2 Å². The Hall–Kier alpha value is -3.76. The van der Waals surface area contributed by atoms with Gasteiger partial charge in [0.1, 0.15) is 0 Å². The zero-order chi connectivity index (χ0) is 16.7. The van der Waals surface area contributed by atoms with Gasteiger partial charge in [-0.3, -0.25) is 20.2 Å². The maximum atomic E-state index is 10.5. The van der Waals surface area contributed by atoms with Crippen LogP contribution in [-0.4, -0.2) is 9.85 Å². The van der Waals surface area contributed by atoms with Crippen LogP contribution in [0.1, 0.15) is 0 Å². The highest BCUT2D eigenvalue weighted by atomic mass is 16.8. The molecule has 0 aliphatic carbocycles. The monoisotopic (exact) mass is 316 g/mol. The molecule has 0 saturated carbocycles. The Kier molecular flexibility index (Phi) is 4.96. The van der Waals surface area contributed by atoms with Crippen molar-refractivity contribution in [2.24, 2.45) is 20.8 Å². The lowest BCUT2D eigenvalue weighted by Crippen LogP contribution is -1.85. The molecule has 0 saturated heterocycles. The molecule has 2 rings (SSSR count). The van der Waals surface area contributed by atoms with Crippen LogP contribution in [-0.2, 0) is 4.94 Å². The van der Waals surface area contributed by atoms with Crippen LogP contribution in [0.25, 0.3) is 0 Å². The first-order valence-electron chi connectivity index (χ1n) is 6.03. The Balaban J connectivity index is 1.88. The van der Waals surface area contributed by atoms with Crippen LogP contribution in [0.4, 0.5) is 22.7 Å². The molecule has 0 radical (unpaired) electrons. The van der Waals surface area contributed by atoms with Gasteiger partial charge in [0, 0.05) is 24.3 Å². The summed E-state index contributed by atoms with van der Waals surface area (Å²) >= 11 is 0. The molecule has 0 fully saturated rings. The van der Waals surface area contributed by atoms with Crippen LogP contribution in [0.5, 0.6) is 0 Å². The highest BCUT2D eigenvalue weighted by molar-refractivity contribution is 5.44. The molecule has 116 valence electrons. The van der Waals surface area contributed by atoms with Crippen molar-refractivity contribution in [2.45, 2.75) is 0 Å². The number of nitro benzene ring substituents is 2. The third-order valence-corrected chi connectivity index (χ3v) is 2.51.